The van der Waals surface area contributed by atoms with Gasteiger partial charge in [-0.05, 0) is 61.4 Å². The summed E-state index contributed by atoms with van der Waals surface area (Å²) in [5.41, 5.74) is 1.15. The number of nitriles is 1. The van der Waals surface area contributed by atoms with Crippen molar-refractivity contribution in [2.75, 3.05) is 25.5 Å². The fraction of sp³-hybridized carbons (Fsp3) is 0.300. The van der Waals surface area contributed by atoms with Gasteiger partial charge in [0.15, 0.2) is 0 Å². The minimum atomic E-state index is -3.59. The number of ether oxygens (including phenoxy) is 1. The first-order chi connectivity index (χ1) is 13.4. The Morgan fingerprint density at radius 2 is 1.71 bits per heavy atom. The summed E-state index contributed by atoms with van der Waals surface area (Å²) >= 11 is 0. The molecule has 0 bridgehead atoms. The maximum absolute atomic E-state index is 12.8. The van der Waals surface area contributed by atoms with Gasteiger partial charge in [0.2, 0.25) is 15.9 Å². The highest BCUT2D eigenvalue weighted by Crippen LogP contribution is 2.26. The number of hydrogen-bond acceptors (Lipinski definition) is 5. The van der Waals surface area contributed by atoms with Crippen molar-refractivity contribution in [2.24, 2.45) is 5.92 Å². The molecule has 8 heteroatoms. The molecular weight excluding hydrogens is 378 g/mol. The van der Waals surface area contributed by atoms with Gasteiger partial charge in [0.25, 0.3) is 0 Å². The van der Waals surface area contributed by atoms with Crippen LogP contribution in [0.5, 0.6) is 5.75 Å². The summed E-state index contributed by atoms with van der Waals surface area (Å²) in [6, 6.07) is 14.9. The quantitative estimate of drug-likeness (QED) is 0.833. The van der Waals surface area contributed by atoms with Gasteiger partial charge in [-0.25, -0.2) is 8.42 Å². The summed E-state index contributed by atoms with van der Waals surface area (Å²) in [5, 5.41) is 11.6. The van der Waals surface area contributed by atoms with Gasteiger partial charge >= 0.3 is 0 Å². The third-order valence-corrected chi connectivity index (χ3v) is 6.72. The second-order valence-corrected chi connectivity index (χ2v) is 8.47. The molecule has 0 saturated carbocycles. The van der Waals surface area contributed by atoms with E-state index < -0.39 is 10.0 Å². The monoisotopic (exact) mass is 399 g/mol. The molecule has 1 heterocycles. The van der Waals surface area contributed by atoms with Crippen molar-refractivity contribution in [1.29, 1.82) is 5.26 Å². The molecule has 3 rings (SSSR count). The predicted molar refractivity (Wildman–Crippen MR) is 104 cm³/mol. The maximum atomic E-state index is 12.8. The number of carbonyl (C=O) groups is 1. The molecule has 0 unspecified atom stereocenters. The van der Waals surface area contributed by atoms with E-state index in [-0.39, 0.29) is 16.7 Å². The van der Waals surface area contributed by atoms with Crippen LogP contribution in [-0.2, 0) is 14.8 Å². The van der Waals surface area contributed by atoms with Crippen LogP contribution in [0.2, 0.25) is 0 Å². The van der Waals surface area contributed by atoms with Crippen LogP contribution < -0.4 is 10.1 Å². The van der Waals surface area contributed by atoms with E-state index in [1.807, 2.05) is 6.07 Å². The number of rotatable bonds is 5. The van der Waals surface area contributed by atoms with Crippen LogP contribution in [0.15, 0.2) is 53.4 Å². The van der Waals surface area contributed by atoms with Gasteiger partial charge < -0.3 is 10.1 Å². The molecule has 7 nitrogen and oxygen atoms in total. The molecule has 0 atom stereocenters. The lowest BCUT2D eigenvalue weighted by molar-refractivity contribution is -0.120. The number of hydrogen-bond donors (Lipinski definition) is 1. The third kappa shape index (κ3) is 4.32. The highest BCUT2D eigenvalue weighted by atomic mass is 32.2. The zero-order valence-corrected chi connectivity index (χ0v) is 16.3. The van der Waals surface area contributed by atoms with Crippen LogP contribution in [0.1, 0.15) is 18.4 Å². The summed E-state index contributed by atoms with van der Waals surface area (Å²) in [6.45, 7) is 0.583. The summed E-state index contributed by atoms with van der Waals surface area (Å²) in [7, 11) is -2.06. The van der Waals surface area contributed by atoms with E-state index in [1.165, 1.54) is 23.5 Å². The van der Waals surface area contributed by atoms with Gasteiger partial charge in [-0.2, -0.15) is 9.57 Å². The lowest BCUT2D eigenvalue weighted by atomic mass is 9.97. The van der Waals surface area contributed by atoms with Crippen molar-refractivity contribution < 1.29 is 17.9 Å². The van der Waals surface area contributed by atoms with Gasteiger partial charge in [-0.3, -0.25) is 4.79 Å². The molecule has 0 aliphatic carbocycles. The van der Waals surface area contributed by atoms with Crippen molar-refractivity contribution in [1.82, 2.24) is 4.31 Å². The minimum absolute atomic E-state index is 0.133. The highest BCUT2D eigenvalue weighted by Gasteiger charge is 2.32. The SMILES string of the molecule is COc1ccc(S(=O)(=O)N2CCC(C(=O)Nc3ccc(C#N)cc3)CC2)cc1. The molecule has 1 aliphatic rings. The zero-order chi connectivity index (χ0) is 20.1. The van der Waals surface area contributed by atoms with Gasteiger partial charge in [0.1, 0.15) is 5.75 Å². The van der Waals surface area contributed by atoms with Gasteiger partial charge in [0, 0.05) is 24.7 Å². The van der Waals surface area contributed by atoms with Crippen LogP contribution in [0.25, 0.3) is 0 Å². The topological polar surface area (TPSA) is 99.5 Å². The van der Waals surface area contributed by atoms with E-state index in [4.69, 9.17) is 10.00 Å². The lowest BCUT2D eigenvalue weighted by Gasteiger charge is -2.30. The van der Waals surface area contributed by atoms with E-state index in [1.54, 1.807) is 36.4 Å². The first-order valence-corrected chi connectivity index (χ1v) is 10.3. The smallest absolute Gasteiger partial charge is 0.243 e. The van der Waals surface area contributed by atoms with E-state index in [9.17, 15) is 13.2 Å². The molecule has 1 fully saturated rings. The second-order valence-electron chi connectivity index (χ2n) is 6.53. The molecule has 1 amide bonds. The Hall–Kier alpha value is -2.89. The molecule has 0 aromatic heterocycles. The summed E-state index contributed by atoms with van der Waals surface area (Å²) < 4.78 is 32.0. The summed E-state index contributed by atoms with van der Waals surface area (Å²) in [6.07, 6.45) is 0.912. The molecule has 1 saturated heterocycles. The van der Waals surface area contributed by atoms with Crippen molar-refractivity contribution in [3.63, 3.8) is 0 Å². The van der Waals surface area contributed by atoms with Crippen molar-refractivity contribution >= 4 is 21.6 Å². The van der Waals surface area contributed by atoms with Gasteiger partial charge in [-0.1, -0.05) is 0 Å². The Bertz CT molecular complexity index is 972. The molecule has 2 aromatic carbocycles. The first kappa shape index (κ1) is 19.9. The Morgan fingerprint density at radius 1 is 1.11 bits per heavy atom. The standard InChI is InChI=1S/C20H21N3O4S/c1-27-18-6-8-19(9-7-18)28(25,26)23-12-10-16(11-13-23)20(24)22-17-4-2-15(14-21)3-5-17/h2-9,16H,10-13H2,1H3,(H,22,24). The number of carbonyl (C=O) groups excluding carboxylic acids is 1. The number of methoxy groups -OCH3 is 1. The van der Waals surface area contributed by atoms with Crippen molar-refractivity contribution in [2.45, 2.75) is 17.7 Å². The van der Waals surface area contributed by atoms with Crippen LogP contribution >= 0.6 is 0 Å². The number of amides is 1. The molecule has 28 heavy (non-hydrogen) atoms. The van der Waals surface area contributed by atoms with E-state index >= 15 is 0 Å². The van der Waals surface area contributed by atoms with Gasteiger partial charge in [-0.15, -0.1) is 0 Å². The van der Waals surface area contributed by atoms with Gasteiger partial charge in [0.05, 0.1) is 23.6 Å². The van der Waals surface area contributed by atoms with Crippen molar-refractivity contribution in [3.05, 3.63) is 54.1 Å². The maximum Gasteiger partial charge on any atom is 0.243 e. The highest BCUT2D eigenvalue weighted by molar-refractivity contribution is 7.89. The van der Waals surface area contributed by atoms with E-state index in [0.717, 1.165) is 0 Å². The molecule has 1 N–H and O–H groups in total. The Balaban J connectivity index is 1.59. The first-order valence-electron chi connectivity index (χ1n) is 8.89. The zero-order valence-electron chi connectivity index (χ0n) is 15.5. The third-order valence-electron chi connectivity index (χ3n) is 4.80. The summed E-state index contributed by atoms with van der Waals surface area (Å²) in [4.78, 5) is 12.7. The molecular formula is C20H21N3O4S. The van der Waals surface area contributed by atoms with Crippen LogP contribution in [0.4, 0.5) is 5.69 Å². The number of anilines is 1. The minimum Gasteiger partial charge on any atom is -0.497 e. The number of nitrogens with one attached hydrogen (secondary N) is 1. The second kappa shape index (κ2) is 8.42. The average molecular weight is 399 g/mol. The number of nitrogens with zero attached hydrogens (tertiary/aromatic N) is 2. The Labute approximate surface area is 164 Å². The number of piperidine rings is 1. The fourth-order valence-corrected chi connectivity index (χ4v) is 4.60. The van der Waals surface area contributed by atoms with E-state index in [2.05, 4.69) is 5.32 Å². The summed E-state index contributed by atoms with van der Waals surface area (Å²) in [5.74, 6) is 0.210. The largest absolute Gasteiger partial charge is 0.497 e. The van der Waals surface area contributed by atoms with Crippen LogP contribution in [0.3, 0.4) is 0 Å². The average Bonchev–Trinajstić information content (AvgIpc) is 2.74. The molecule has 0 spiro atoms. The van der Waals surface area contributed by atoms with Crippen LogP contribution in [0, 0.1) is 17.2 Å². The van der Waals surface area contributed by atoms with E-state index in [0.29, 0.717) is 42.9 Å². The molecule has 146 valence electrons. The number of sulfonamides is 1. The molecule has 2 aromatic rings. The predicted octanol–water partition coefficient (Wildman–Crippen LogP) is 2.61. The Kier molecular flexibility index (Phi) is 5.97. The van der Waals surface area contributed by atoms with Crippen molar-refractivity contribution in [3.8, 4) is 11.8 Å². The molecule has 1 aliphatic heterocycles. The number of benzene rings is 2. The fourth-order valence-electron chi connectivity index (χ4n) is 3.13. The molecule has 0 radical (unpaired) electrons. The normalized spacial score (nSPS) is 15.6. The van der Waals surface area contributed by atoms with Crippen LogP contribution in [-0.4, -0.2) is 38.8 Å². The Morgan fingerprint density at radius 3 is 2.25 bits per heavy atom. The lowest BCUT2D eigenvalue weighted by Crippen LogP contribution is -2.41.